The minimum absolute atomic E-state index is 0.437. The summed E-state index contributed by atoms with van der Waals surface area (Å²) in [5, 5.41) is 7.62. The molecule has 1 aliphatic rings. The van der Waals surface area contributed by atoms with E-state index in [4.69, 9.17) is 4.74 Å². The van der Waals surface area contributed by atoms with Crippen molar-refractivity contribution in [2.24, 2.45) is 5.92 Å². The van der Waals surface area contributed by atoms with Gasteiger partial charge in [0.15, 0.2) is 0 Å². The van der Waals surface area contributed by atoms with Gasteiger partial charge in [-0.05, 0) is 25.7 Å². The van der Waals surface area contributed by atoms with Gasteiger partial charge in [-0.2, -0.15) is 5.10 Å². The smallest absolute Gasteiger partial charge is 0.140 e. The van der Waals surface area contributed by atoms with Gasteiger partial charge in [0.1, 0.15) is 12.2 Å². The highest BCUT2D eigenvalue weighted by Gasteiger charge is 2.26. The molecule has 0 bridgehead atoms. The Labute approximate surface area is 103 Å². The van der Waals surface area contributed by atoms with Crippen molar-refractivity contribution in [3.8, 4) is 0 Å². The zero-order valence-corrected chi connectivity index (χ0v) is 10.7. The molecule has 2 heterocycles. The van der Waals surface area contributed by atoms with E-state index in [2.05, 4.69) is 29.2 Å². The second-order valence-electron chi connectivity index (χ2n) is 4.49. The Balaban J connectivity index is 1.76. The summed E-state index contributed by atoms with van der Waals surface area (Å²) >= 11 is 0. The lowest BCUT2D eigenvalue weighted by Gasteiger charge is -2.17. The molecular weight excluding hydrogens is 216 g/mol. The van der Waals surface area contributed by atoms with Crippen LogP contribution in [0.2, 0.25) is 0 Å². The molecule has 1 N–H and O–H groups in total. The predicted octanol–water partition coefficient (Wildman–Crippen LogP) is 1.20. The average Bonchev–Trinajstić information content (AvgIpc) is 2.97. The molecule has 2 rings (SSSR count). The number of nitrogens with zero attached hydrogens (tertiary/aromatic N) is 3. The van der Waals surface area contributed by atoms with Crippen LogP contribution in [0, 0.1) is 5.92 Å². The van der Waals surface area contributed by atoms with E-state index in [1.807, 2.05) is 4.68 Å². The normalized spacial score (nSPS) is 24.4. The largest absolute Gasteiger partial charge is 0.378 e. The van der Waals surface area contributed by atoms with Crippen LogP contribution in [0.25, 0.3) is 0 Å². The Morgan fingerprint density at radius 3 is 3.18 bits per heavy atom. The lowest BCUT2D eigenvalue weighted by molar-refractivity contribution is 0.0871. The summed E-state index contributed by atoms with van der Waals surface area (Å²) in [5.41, 5.74) is 0. The van der Waals surface area contributed by atoms with Crippen molar-refractivity contribution in [2.45, 2.75) is 45.9 Å². The van der Waals surface area contributed by atoms with Gasteiger partial charge >= 0.3 is 0 Å². The lowest BCUT2D eigenvalue weighted by Crippen LogP contribution is -2.28. The molecule has 1 aliphatic heterocycles. The van der Waals surface area contributed by atoms with Gasteiger partial charge in [-0.1, -0.05) is 6.92 Å². The Morgan fingerprint density at radius 1 is 1.53 bits per heavy atom. The zero-order chi connectivity index (χ0) is 12.1. The first-order chi connectivity index (χ1) is 8.35. The van der Waals surface area contributed by atoms with Crippen LogP contribution in [-0.4, -0.2) is 34.0 Å². The van der Waals surface area contributed by atoms with Crippen molar-refractivity contribution in [2.75, 3.05) is 13.2 Å². The zero-order valence-electron chi connectivity index (χ0n) is 10.7. The molecule has 0 spiro atoms. The van der Waals surface area contributed by atoms with Gasteiger partial charge < -0.3 is 10.1 Å². The maximum atomic E-state index is 5.67. The molecule has 0 saturated carbocycles. The van der Waals surface area contributed by atoms with Gasteiger partial charge in [0.2, 0.25) is 0 Å². The third-order valence-electron chi connectivity index (χ3n) is 3.43. The summed E-state index contributed by atoms with van der Waals surface area (Å²) in [5.74, 6) is 1.66. The van der Waals surface area contributed by atoms with E-state index in [0.717, 1.165) is 38.5 Å². The number of rotatable bonds is 6. The number of hydrogen-bond acceptors (Lipinski definition) is 4. The minimum atomic E-state index is 0.437. The second kappa shape index (κ2) is 6.12. The van der Waals surface area contributed by atoms with Crippen LogP contribution in [0.5, 0.6) is 0 Å². The predicted molar refractivity (Wildman–Crippen MR) is 65.5 cm³/mol. The van der Waals surface area contributed by atoms with E-state index in [-0.39, 0.29) is 0 Å². The third kappa shape index (κ3) is 3.04. The molecule has 0 radical (unpaired) electrons. The number of ether oxygens (including phenoxy) is 1. The first-order valence-electron chi connectivity index (χ1n) is 6.54. The Kier molecular flexibility index (Phi) is 4.50. The van der Waals surface area contributed by atoms with Crippen LogP contribution in [0.4, 0.5) is 0 Å². The number of aromatic nitrogens is 3. The number of hydrogen-bond donors (Lipinski definition) is 1. The van der Waals surface area contributed by atoms with Crippen molar-refractivity contribution >= 4 is 0 Å². The van der Waals surface area contributed by atoms with Gasteiger partial charge in [0.25, 0.3) is 0 Å². The van der Waals surface area contributed by atoms with Crippen molar-refractivity contribution in [1.82, 2.24) is 20.1 Å². The fourth-order valence-corrected chi connectivity index (χ4v) is 2.44. The van der Waals surface area contributed by atoms with Gasteiger partial charge in [0.05, 0.1) is 12.6 Å². The summed E-state index contributed by atoms with van der Waals surface area (Å²) in [6.45, 7) is 7.86. The molecule has 2 unspecified atom stereocenters. The topological polar surface area (TPSA) is 52.0 Å². The first-order valence-corrected chi connectivity index (χ1v) is 6.54. The van der Waals surface area contributed by atoms with Crippen LogP contribution in [0.15, 0.2) is 6.33 Å². The molecule has 1 saturated heterocycles. The van der Waals surface area contributed by atoms with Gasteiger partial charge in [-0.15, -0.1) is 0 Å². The molecule has 0 aliphatic carbocycles. The van der Waals surface area contributed by atoms with E-state index in [1.165, 1.54) is 6.42 Å². The monoisotopic (exact) mass is 238 g/mol. The molecule has 2 atom stereocenters. The van der Waals surface area contributed by atoms with Crippen LogP contribution in [0.1, 0.15) is 32.5 Å². The van der Waals surface area contributed by atoms with E-state index >= 15 is 0 Å². The molecule has 1 aromatic rings. The van der Waals surface area contributed by atoms with Crippen molar-refractivity contribution in [3.05, 3.63) is 12.2 Å². The quantitative estimate of drug-likeness (QED) is 0.809. The molecule has 17 heavy (non-hydrogen) atoms. The summed E-state index contributed by atoms with van der Waals surface area (Å²) in [6, 6.07) is 0. The molecular formula is C12H22N4O. The second-order valence-corrected chi connectivity index (χ2v) is 4.49. The average molecular weight is 238 g/mol. The van der Waals surface area contributed by atoms with Crippen LogP contribution in [-0.2, 0) is 17.8 Å². The van der Waals surface area contributed by atoms with Crippen LogP contribution < -0.4 is 5.32 Å². The maximum Gasteiger partial charge on any atom is 0.140 e. The molecule has 5 nitrogen and oxygen atoms in total. The highest BCUT2D eigenvalue weighted by atomic mass is 16.5. The SMILES string of the molecule is CCC1OCCC1CNCc1ncnn1CC. The van der Waals surface area contributed by atoms with E-state index < -0.39 is 0 Å². The minimum Gasteiger partial charge on any atom is -0.378 e. The molecule has 0 amide bonds. The number of aryl methyl sites for hydroxylation is 1. The Morgan fingerprint density at radius 2 is 2.41 bits per heavy atom. The third-order valence-corrected chi connectivity index (χ3v) is 3.43. The molecule has 5 heteroatoms. The molecule has 96 valence electrons. The Bertz CT molecular complexity index is 339. The Hall–Kier alpha value is -0.940. The van der Waals surface area contributed by atoms with Crippen molar-refractivity contribution in [1.29, 1.82) is 0 Å². The first kappa shape index (κ1) is 12.5. The van der Waals surface area contributed by atoms with Gasteiger partial charge in [0, 0.05) is 19.7 Å². The van der Waals surface area contributed by atoms with E-state index in [1.54, 1.807) is 6.33 Å². The van der Waals surface area contributed by atoms with Gasteiger partial charge in [-0.25, -0.2) is 9.67 Å². The summed E-state index contributed by atoms with van der Waals surface area (Å²) < 4.78 is 7.60. The molecule has 0 aromatic carbocycles. The maximum absolute atomic E-state index is 5.67. The fraction of sp³-hybridized carbons (Fsp3) is 0.833. The highest BCUT2D eigenvalue weighted by Crippen LogP contribution is 2.22. The lowest BCUT2D eigenvalue weighted by atomic mass is 10.00. The summed E-state index contributed by atoms with van der Waals surface area (Å²) in [6.07, 6.45) is 4.34. The highest BCUT2D eigenvalue weighted by molar-refractivity contribution is 4.84. The van der Waals surface area contributed by atoms with Crippen molar-refractivity contribution in [3.63, 3.8) is 0 Å². The van der Waals surface area contributed by atoms with Crippen LogP contribution in [0.3, 0.4) is 0 Å². The van der Waals surface area contributed by atoms with Crippen molar-refractivity contribution < 1.29 is 4.74 Å². The molecule has 1 fully saturated rings. The van der Waals surface area contributed by atoms with E-state index in [0.29, 0.717) is 12.0 Å². The van der Waals surface area contributed by atoms with E-state index in [9.17, 15) is 0 Å². The van der Waals surface area contributed by atoms with Gasteiger partial charge in [-0.3, -0.25) is 0 Å². The van der Waals surface area contributed by atoms with Crippen LogP contribution >= 0.6 is 0 Å². The number of nitrogens with one attached hydrogen (secondary N) is 1. The fourth-order valence-electron chi connectivity index (χ4n) is 2.44. The standard InChI is InChI=1S/C12H22N4O/c1-3-11-10(5-6-17-11)7-13-8-12-14-9-15-16(12)4-2/h9-11,13H,3-8H2,1-2H3. The summed E-state index contributed by atoms with van der Waals surface area (Å²) in [7, 11) is 0. The summed E-state index contributed by atoms with van der Waals surface area (Å²) in [4.78, 5) is 4.25. The molecule has 1 aromatic heterocycles.